The number of aromatic hydroxyl groups is 1. The zero-order valence-corrected chi connectivity index (χ0v) is 13.4. The lowest BCUT2D eigenvalue weighted by Gasteiger charge is -2.21. The quantitative estimate of drug-likeness (QED) is 0.873. The summed E-state index contributed by atoms with van der Waals surface area (Å²) in [4.78, 5) is 30.3. The largest absolute Gasteiger partial charge is 0.508 e. The number of benzene rings is 1. The van der Waals surface area contributed by atoms with Crippen molar-refractivity contribution in [1.82, 2.24) is 9.88 Å². The van der Waals surface area contributed by atoms with E-state index in [4.69, 9.17) is 4.74 Å². The highest BCUT2D eigenvalue weighted by molar-refractivity contribution is 7.13. The van der Waals surface area contributed by atoms with Gasteiger partial charge in [0.1, 0.15) is 22.5 Å². The van der Waals surface area contributed by atoms with Crippen molar-refractivity contribution in [3.05, 3.63) is 35.3 Å². The maximum Gasteiger partial charge on any atom is 0.328 e. The molecule has 120 valence electrons. The third-order valence-corrected chi connectivity index (χ3v) is 4.72. The first kappa shape index (κ1) is 15.5. The van der Waals surface area contributed by atoms with Gasteiger partial charge in [0.25, 0.3) is 5.91 Å². The van der Waals surface area contributed by atoms with Gasteiger partial charge in [0, 0.05) is 17.5 Å². The first-order valence-electron chi connectivity index (χ1n) is 7.24. The molecule has 1 aromatic carbocycles. The summed E-state index contributed by atoms with van der Waals surface area (Å²) in [5.74, 6) is -0.455. The van der Waals surface area contributed by atoms with Gasteiger partial charge in [-0.1, -0.05) is 0 Å². The number of carbonyl (C=O) groups is 2. The number of methoxy groups -OCH3 is 1. The van der Waals surface area contributed by atoms with Gasteiger partial charge in [0.05, 0.1) is 7.11 Å². The molecule has 0 aliphatic carbocycles. The van der Waals surface area contributed by atoms with Crippen LogP contribution in [0.1, 0.15) is 23.3 Å². The summed E-state index contributed by atoms with van der Waals surface area (Å²) in [5.41, 5.74) is 1.16. The standard InChI is InChI=1S/C16H16N2O4S/c1-22-16(21)13-3-2-8-18(13)15(20)12-9-23-14(17-12)10-4-6-11(19)7-5-10/h4-7,9,13,19H,2-3,8H2,1H3/t13-/m0/s1. The molecular formula is C16H16N2O4S. The van der Waals surface area contributed by atoms with Crippen LogP contribution >= 0.6 is 11.3 Å². The zero-order valence-electron chi connectivity index (χ0n) is 12.6. The van der Waals surface area contributed by atoms with E-state index in [0.717, 1.165) is 12.0 Å². The first-order valence-corrected chi connectivity index (χ1v) is 8.12. The van der Waals surface area contributed by atoms with Crippen LogP contribution in [0.4, 0.5) is 0 Å². The van der Waals surface area contributed by atoms with Gasteiger partial charge in [-0.25, -0.2) is 9.78 Å². The summed E-state index contributed by atoms with van der Waals surface area (Å²) >= 11 is 1.35. The number of esters is 1. The van der Waals surface area contributed by atoms with Crippen LogP contribution in [0.2, 0.25) is 0 Å². The molecule has 1 saturated heterocycles. The number of hydrogen-bond donors (Lipinski definition) is 1. The highest BCUT2D eigenvalue weighted by Crippen LogP contribution is 2.27. The summed E-state index contributed by atoms with van der Waals surface area (Å²) in [5, 5.41) is 11.7. The number of thiazole rings is 1. The van der Waals surface area contributed by atoms with Gasteiger partial charge in [-0.3, -0.25) is 4.79 Å². The molecule has 1 amide bonds. The van der Waals surface area contributed by atoms with Crippen molar-refractivity contribution >= 4 is 23.2 Å². The molecule has 0 unspecified atom stereocenters. The molecule has 23 heavy (non-hydrogen) atoms. The summed E-state index contributed by atoms with van der Waals surface area (Å²) in [7, 11) is 1.33. The van der Waals surface area contributed by atoms with E-state index in [1.807, 2.05) is 0 Å². The van der Waals surface area contributed by atoms with Crippen molar-refractivity contribution in [2.45, 2.75) is 18.9 Å². The molecule has 1 N–H and O–H groups in total. The summed E-state index contributed by atoms with van der Waals surface area (Å²) < 4.78 is 4.76. The Labute approximate surface area is 137 Å². The van der Waals surface area contributed by atoms with Crippen LogP contribution in [0.25, 0.3) is 10.6 Å². The predicted molar refractivity (Wildman–Crippen MR) is 85.3 cm³/mol. The number of carbonyl (C=O) groups excluding carboxylic acids is 2. The molecule has 6 nitrogen and oxygen atoms in total. The number of rotatable bonds is 3. The first-order chi connectivity index (χ1) is 11.1. The number of phenols is 1. The topological polar surface area (TPSA) is 79.7 Å². The van der Waals surface area contributed by atoms with E-state index >= 15 is 0 Å². The molecule has 0 bridgehead atoms. The SMILES string of the molecule is COC(=O)[C@@H]1CCCN1C(=O)c1csc(-c2ccc(O)cc2)n1. The van der Waals surface area contributed by atoms with Gasteiger partial charge in [0.15, 0.2) is 0 Å². The van der Waals surface area contributed by atoms with E-state index < -0.39 is 6.04 Å². The second-order valence-electron chi connectivity index (χ2n) is 5.26. The van der Waals surface area contributed by atoms with E-state index in [1.165, 1.54) is 23.3 Å². The Hall–Kier alpha value is -2.41. The molecule has 1 atom stereocenters. The van der Waals surface area contributed by atoms with Crippen LogP contribution < -0.4 is 0 Å². The third kappa shape index (κ3) is 3.05. The number of aromatic nitrogens is 1. The fourth-order valence-corrected chi connectivity index (χ4v) is 3.45. The molecular weight excluding hydrogens is 316 g/mol. The van der Waals surface area contributed by atoms with E-state index in [2.05, 4.69) is 4.98 Å². The van der Waals surface area contributed by atoms with Crippen LogP contribution in [0, 0.1) is 0 Å². The average molecular weight is 332 g/mol. The average Bonchev–Trinajstić information content (AvgIpc) is 3.23. The Morgan fingerprint density at radius 3 is 2.78 bits per heavy atom. The molecule has 3 rings (SSSR count). The minimum atomic E-state index is -0.522. The van der Waals surface area contributed by atoms with Crippen molar-refractivity contribution < 1.29 is 19.4 Å². The number of hydrogen-bond acceptors (Lipinski definition) is 6. The Balaban J connectivity index is 1.81. The third-order valence-electron chi connectivity index (χ3n) is 3.82. The van der Waals surface area contributed by atoms with Crippen LogP contribution in [0.3, 0.4) is 0 Å². The Bertz CT molecular complexity index is 726. The number of ether oxygens (including phenoxy) is 1. The van der Waals surface area contributed by atoms with Gasteiger partial charge in [-0.2, -0.15) is 0 Å². The van der Waals surface area contributed by atoms with Crippen molar-refractivity contribution in [3.63, 3.8) is 0 Å². The minimum absolute atomic E-state index is 0.180. The number of phenolic OH excluding ortho intramolecular Hbond substituents is 1. The normalized spacial score (nSPS) is 17.3. The smallest absolute Gasteiger partial charge is 0.328 e. The van der Waals surface area contributed by atoms with Crippen LogP contribution in [-0.4, -0.2) is 46.6 Å². The molecule has 1 aliphatic heterocycles. The number of likely N-dealkylation sites (tertiary alicyclic amines) is 1. The highest BCUT2D eigenvalue weighted by atomic mass is 32.1. The molecule has 0 saturated carbocycles. The van der Waals surface area contributed by atoms with Crippen molar-refractivity contribution in [2.75, 3.05) is 13.7 Å². The van der Waals surface area contributed by atoms with Crippen LogP contribution in [-0.2, 0) is 9.53 Å². The van der Waals surface area contributed by atoms with Crippen molar-refractivity contribution in [2.24, 2.45) is 0 Å². The molecule has 0 spiro atoms. The molecule has 1 aliphatic rings. The number of nitrogens with zero attached hydrogens (tertiary/aromatic N) is 2. The lowest BCUT2D eigenvalue weighted by atomic mass is 10.2. The minimum Gasteiger partial charge on any atom is -0.508 e. The second-order valence-corrected chi connectivity index (χ2v) is 6.12. The van der Waals surface area contributed by atoms with Crippen LogP contribution in [0.5, 0.6) is 5.75 Å². The summed E-state index contributed by atoms with van der Waals surface area (Å²) in [6.07, 6.45) is 1.40. The lowest BCUT2D eigenvalue weighted by molar-refractivity contribution is -0.145. The molecule has 7 heteroatoms. The van der Waals surface area contributed by atoms with Gasteiger partial charge < -0.3 is 14.7 Å². The second kappa shape index (κ2) is 6.37. The lowest BCUT2D eigenvalue weighted by Crippen LogP contribution is -2.41. The fraction of sp³-hybridized carbons (Fsp3) is 0.312. The molecule has 0 radical (unpaired) electrons. The molecule has 2 heterocycles. The van der Waals surface area contributed by atoms with Crippen LogP contribution in [0.15, 0.2) is 29.6 Å². The maximum absolute atomic E-state index is 12.6. The molecule has 2 aromatic rings. The van der Waals surface area contributed by atoms with Crippen molar-refractivity contribution in [3.8, 4) is 16.3 Å². The molecule has 1 aromatic heterocycles. The Kier molecular flexibility index (Phi) is 4.29. The summed E-state index contributed by atoms with van der Waals surface area (Å²) in [6.45, 7) is 0.532. The van der Waals surface area contributed by atoms with Gasteiger partial charge >= 0.3 is 5.97 Å². The highest BCUT2D eigenvalue weighted by Gasteiger charge is 2.36. The maximum atomic E-state index is 12.6. The Morgan fingerprint density at radius 2 is 2.09 bits per heavy atom. The van der Waals surface area contributed by atoms with E-state index in [9.17, 15) is 14.7 Å². The Morgan fingerprint density at radius 1 is 1.35 bits per heavy atom. The summed E-state index contributed by atoms with van der Waals surface area (Å²) in [6, 6.07) is 6.12. The van der Waals surface area contributed by atoms with E-state index in [0.29, 0.717) is 23.7 Å². The molecule has 1 fully saturated rings. The van der Waals surface area contributed by atoms with E-state index in [-0.39, 0.29) is 17.6 Å². The van der Waals surface area contributed by atoms with Gasteiger partial charge in [0.2, 0.25) is 0 Å². The number of amides is 1. The zero-order chi connectivity index (χ0) is 16.4. The van der Waals surface area contributed by atoms with Gasteiger partial charge in [-0.15, -0.1) is 11.3 Å². The fourth-order valence-electron chi connectivity index (χ4n) is 2.65. The monoisotopic (exact) mass is 332 g/mol. The van der Waals surface area contributed by atoms with E-state index in [1.54, 1.807) is 29.6 Å². The van der Waals surface area contributed by atoms with Crippen molar-refractivity contribution in [1.29, 1.82) is 0 Å². The van der Waals surface area contributed by atoms with Gasteiger partial charge in [-0.05, 0) is 37.1 Å². The predicted octanol–water partition coefficient (Wildman–Crippen LogP) is 2.29.